The van der Waals surface area contributed by atoms with Gasteiger partial charge in [-0.1, -0.05) is 24.3 Å². The van der Waals surface area contributed by atoms with E-state index in [-0.39, 0.29) is 11.6 Å². The largest absolute Gasteiger partial charge is 0.424 e. The summed E-state index contributed by atoms with van der Waals surface area (Å²) >= 11 is 0. The Labute approximate surface area is 125 Å². The molecule has 0 amide bonds. The lowest BCUT2D eigenvalue weighted by Gasteiger charge is -2.17. The van der Waals surface area contributed by atoms with Crippen LogP contribution < -0.4 is 0 Å². The van der Waals surface area contributed by atoms with Gasteiger partial charge in [-0.05, 0) is 38.8 Å². The van der Waals surface area contributed by atoms with Gasteiger partial charge in [0.2, 0.25) is 11.8 Å². The van der Waals surface area contributed by atoms with Crippen LogP contribution in [0.25, 0.3) is 0 Å². The summed E-state index contributed by atoms with van der Waals surface area (Å²) in [7, 11) is -3.31. The van der Waals surface area contributed by atoms with E-state index in [0.29, 0.717) is 12.3 Å². The van der Waals surface area contributed by atoms with Crippen LogP contribution >= 0.6 is 0 Å². The van der Waals surface area contributed by atoms with E-state index >= 15 is 0 Å². The van der Waals surface area contributed by atoms with Crippen molar-refractivity contribution in [2.75, 3.05) is 0 Å². The predicted molar refractivity (Wildman–Crippen MR) is 80.7 cm³/mol. The normalized spacial score (nSPS) is 12.6. The van der Waals surface area contributed by atoms with Gasteiger partial charge in [0.05, 0.1) is 11.2 Å². The van der Waals surface area contributed by atoms with Crippen LogP contribution in [0.2, 0.25) is 0 Å². The zero-order chi connectivity index (χ0) is 15.7. The van der Waals surface area contributed by atoms with Crippen LogP contribution in [0.15, 0.2) is 28.7 Å². The molecule has 0 aliphatic heterocycles. The van der Waals surface area contributed by atoms with E-state index in [0.717, 1.165) is 11.1 Å². The lowest BCUT2D eigenvalue weighted by Crippen LogP contribution is -2.29. The standard InChI is InChI=1S/C15H20N2O3S/c1-11-7-5-6-8-12(11)9-13-16-17-14(20-13)10-21(18,19)15(2,3)4/h5-8H,9-10H2,1-4H3. The number of nitrogens with zero attached hydrogens (tertiary/aromatic N) is 2. The molecule has 0 radical (unpaired) electrons. The molecule has 0 saturated carbocycles. The molecule has 0 bridgehead atoms. The third-order valence-corrected chi connectivity index (χ3v) is 5.85. The minimum atomic E-state index is -3.31. The highest BCUT2D eigenvalue weighted by molar-refractivity contribution is 7.91. The van der Waals surface area contributed by atoms with Crippen LogP contribution in [0.3, 0.4) is 0 Å². The van der Waals surface area contributed by atoms with Gasteiger partial charge in [-0.25, -0.2) is 8.42 Å². The quantitative estimate of drug-likeness (QED) is 0.868. The molecular formula is C15H20N2O3S. The average Bonchev–Trinajstić information content (AvgIpc) is 2.77. The number of aryl methyl sites for hydroxylation is 1. The molecule has 0 N–H and O–H groups in total. The Hall–Kier alpha value is -1.69. The number of aromatic nitrogens is 2. The molecule has 0 unspecified atom stereocenters. The number of benzene rings is 1. The van der Waals surface area contributed by atoms with E-state index < -0.39 is 14.6 Å². The topological polar surface area (TPSA) is 73.1 Å². The second-order valence-electron chi connectivity index (χ2n) is 6.06. The highest BCUT2D eigenvalue weighted by Crippen LogP contribution is 2.20. The van der Waals surface area contributed by atoms with Crippen LogP contribution in [0.1, 0.15) is 43.7 Å². The van der Waals surface area contributed by atoms with Crippen LogP contribution in [0.5, 0.6) is 0 Å². The van der Waals surface area contributed by atoms with Crippen molar-refractivity contribution < 1.29 is 12.8 Å². The molecule has 0 aliphatic rings. The molecule has 1 heterocycles. The smallest absolute Gasteiger partial charge is 0.231 e. The molecule has 6 heteroatoms. The van der Waals surface area contributed by atoms with Crippen molar-refractivity contribution in [1.82, 2.24) is 10.2 Å². The van der Waals surface area contributed by atoms with E-state index in [2.05, 4.69) is 10.2 Å². The Balaban J connectivity index is 2.15. The summed E-state index contributed by atoms with van der Waals surface area (Å²) < 4.78 is 28.9. The van der Waals surface area contributed by atoms with Gasteiger partial charge < -0.3 is 4.42 Å². The van der Waals surface area contributed by atoms with Gasteiger partial charge in [0.1, 0.15) is 5.75 Å². The summed E-state index contributed by atoms with van der Waals surface area (Å²) in [5, 5.41) is 7.78. The summed E-state index contributed by atoms with van der Waals surface area (Å²) in [6, 6.07) is 7.92. The Bertz CT molecular complexity index is 727. The van der Waals surface area contributed by atoms with Crippen molar-refractivity contribution in [2.45, 2.75) is 44.6 Å². The van der Waals surface area contributed by atoms with Crippen molar-refractivity contribution in [3.8, 4) is 0 Å². The molecule has 114 valence electrons. The monoisotopic (exact) mass is 308 g/mol. The molecule has 0 spiro atoms. The molecule has 1 aromatic carbocycles. The molecule has 0 saturated heterocycles. The lowest BCUT2D eigenvalue weighted by atomic mass is 10.1. The number of hydrogen-bond donors (Lipinski definition) is 0. The fraction of sp³-hybridized carbons (Fsp3) is 0.467. The first kappa shape index (κ1) is 15.7. The van der Waals surface area contributed by atoms with Crippen molar-refractivity contribution >= 4 is 9.84 Å². The fourth-order valence-electron chi connectivity index (χ4n) is 1.77. The molecule has 0 atom stereocenters. The molecular weight excluding hydrogens is 288 g/mol. The summed E-state index contributed by atoms with van der Waals surface area (Å²) in [6.07, 6.45) is 0.509. The maximum absolute atomic E-state index is 12.1. The van der Waals surface area contributed by atoms with E-state index in [4.69, 9.17) is 4.42 Å². The first-order valence-corrected chi connectivity index (χ1v) is 8.42. The maximum atomic E-state index is 12.1. The van der Waals surface area contributed by atoms with Gasteiger partial charge in [-0.2, -0.15) is 0 Å². The van der Waals surface area contributed by atoms with Crippen molar-refractivity contribution in [3.05, 3.63) is 47.2 Å². The molecule has 2 aromatic rings. The number of hydrogen-bond acceptors (Lipinski definition) is 5. The first-order chi connectivity index (χ1) is 9.69. The van der Waals surface area contributed by atoms with Gasteiger partial charge in [0, 0.05) is 0 Å². The lowest BCUT2D eigenvalue weighted by molar-refractivity contribution is 0.466. The summed E-state index contributed by atoms with van der Waals surface area (Å²) in [5.41, 5.74) is 2.23. The molecule has 0 fully saturated rings. The van der Waals surface area contributed by atoms with Crippen LogP contribution in [0.4, 0.5) is 0 Å². The minimum absolute atomic E-state index is 0.147. The van der Waals surface area contributed by atoms with Gasteiger partial charge in [0.15, 0.2) is 9.84 Å². The zero-order valence-electron chi connectivity index (χ0n) is 12.8. The second kappa shape index (κ2) is 5.60. The van der Waals surface area contributed by atoms with Gasteiger partial charge in [-0.15, -0.1) is 10.2 Å². The molecule has 5 nitrogen and oxygen atoms in total. The second-order valence-corrected chi connectivity index (χ2v) is 8.81. The molecule has 21 heavy (non-hydrogen) atoms. The third kappa shape index (κ3) is 3.69. The molecule has 0 aliphatic carbocycles. The fourth-order valence-corrected chi connectivity index (χ4v) is 2.64. The number of rotatable bonds is 4. The van der Waals surface area contributed by atoms with Crippen molar-refractivity contribution in [1.29, 1.82) is 0 Å². The average molecular weight is 308 g/mol. The van der Waals surface area contributed by atoms with Crippen molar-refractivity contribution in [2.24, 2.45) is 0 Å². The molecule has 1 aromatic heterocycles. The van der Waals surface area contributed by atoms with Gasteiger partial charge in [0.25, 0.3) is 0 Å². The van der Waals surface area contributed by atoms with E-state index in [1.807, 2.05) is 31.2 Å². The highest BCUT2D eigenvalue weighted by atomic mass is 32.2. The summed E-state index contributed by atoms with van der Waals surface area (Å²) in [6.45, 7) is 6.99. The maximum Gasteiger partial charge on any atom is 0.231 e. The van der Waals surface area contributed by atoms with E-state index in [1.165, 1.54) is 0 Å². The van der Waals surface area contributed by atoms with E-state index in [9.17, 15) is 8.42 Å². The Morgan fingerprint density at radius 1 is 1.10 bits per heavy atom. The van der Waals surface area contributed by atoms with Crippen LogP contribution in [-0.2, 0) is 22.0 Å². The highest BCUT2D eigenvalue weighted by Gasteiger charge is 2.31. The van der Waals surface area contributed by atoms with Crippen LogP contribution in [-0.4, -0.2) is 23.4 Å². The van der Waals surface area contributed by atoms with Gasteiger partial charge in [-0.3, -0.25) is 0 Å². The Morgan fingerprint density at radius 3 is 2.33 bits per heavy atom. The predicted octanol–water partition coefficient (Wildman–Crippen LogP) is 2.68. The first-order valence-electron chi connectivity index (χ1n) is 6.77. The zero-order valence-corrected chi connectivity index (χ0v) is 13.6. The van der Waals surface area contributed by atoms with Gasteiger partial charge >= 0.3 is 0 Å². The third-order valence-electron chi connectivity index (χ3n) is 3.36. The summed E-state index contributed by atoms with van der Waals surface area (Å²) in [4.78, 5) is 0. The SMILES string of the molecule is Cc1ccccc1Cc1nnc(CS(=O)(=O)C(C)(C)C)o1. The van der Waals surface area contributed by atoms with Crippen LogP contribution in [0, 0.1) is 6.92 Å². The molecule has 2 rings (SSSR count). The van der Waals surface area contributed by atoms with E-state index in [1.54, 1.807) is 20.8 Å². The van der Waals surface area contributed by atoms with Crippen molar-refractivity contribution in [3.63, 3.8) is 0 Å². The number of sulfone groups is 1. The Morgan fingerprint density at radius 2 is 1.71 bits per heavy atom. The minimum Gasteiger partial charge on any atom is -0.424 e. The summed E-state index contributed by atoms with van der Waals surface area (Å²) in [5.74, 6) is 0.356. The Kier molecular flexibility index (Phi) is 4.18.